The van der Waals surface area contributed by atoms with Crippen LogP contribution in [0.2, 0.25) is 0 Å². The molecule has 112 valence electrons. The van der Waals surface area contributed by atoms with Crippen molar-refractivity contribution in [3.63, 3.8) is 0 Å². The first kappa shape index (κ1) is 14.1. The van der Waals surface area contributed by atoms with Gasteiger partial charge >= 0.3 is 0 Å². The average molecular weight is 298 g/mol. The van der Waals surface area contributed by atoms with Crippen molar-refractivity contribution < 1.29 is 9.13 Å². The van der Waals surface area contributed by atoms with Crippen LogP contribution in [0.25, 0.3) is 22.3 Å². The number of aromatic nitrogens is 2. The van der Waals surface area contributed by atoms with Crippen LogP contribution in [-0.2, 0) is 0 Å². The topological polar surface area (TPSA) is 73.1 Å². The first-order chi connectivity index (χ1) is 10.6. The van der Waals surface area contributed by atoms with Crippen LogP contribution in [0.4, 0.5) is 15.9 Å². The standard InChI is InChI=1S/C16H15FN4O/c1-19-15-10-7-6-9(18)8-12(10)20-16(21-15)11-4-3-5-13(22-2)14(11)17/h3-8H,18H2,1-2H3,(H,19,20,21). The first-order valence-corrected chi connectivity index (χ1v) is 6.72. The van der Waals surface area contributed by atoms with Crippen molar-refractivity contribution in [2.75, 3.05) is 25.2 Å². The maximum absolute atomic E-state index is 14.4. The molecule has 0 spiro atoms. The van der Waals surface area contributed by atoms with Gasteiger partial charge in [-0.2, -0.15) is 0 Å². The van der Waals surface area contributed by atoms with Crippen molar-refractivity contribution >= 4 is 22.4 Å². The largest absolute Gasteiger partial charge is 0.494 e. The number of halogens is 1. The molecule has 0 fully saturated rings. The molecular formula is C16H15FN4O. The molecule has 5 nitrogen and oxygen atoms in total. The normalized spacial score (nSPS) is 10.7. The van der Waals surface area contributed by atoms with E-state index in [1.165, 1.54) is 7.11 Å². The highest BCUT2D eigenvalue weighted by molar-refractivity contribution is 5.92. The molecule has 0 saturated heterocycles. The lowest BCUT2D eigenvalue weighted by Crippen LogP contribution is -2.01. The molecule has 1 aromatic heterocycles. The number of rotatable bonds is 3. The zero-order valence-electron chi connectivity index (χ0n) is 12.2. The number of ether oxygens (including phenoxy) is 1. The van der Waals surface area contributed by atoms with E-state index < -0.39 is 5.82 Å². The zero-order valence-corrected chi connectivity index (χ0v) is 12.2. The Balaban J connectivity index is 2.27. The molecule has 0 bridgehead atoms. The minimum absolute atomic E-state index is 0.153. The van der Waals surface area contributed by atoms with Crippen LogP contribution < -0.4 is 15.8 Å². The van der Waals surface area contributed by atoms with Gasteiger partial charge in [-0.05, 0) is 30.3 Å². The van der Waals surface area contributed by atoms with Gasteiger partial charge in [-0.15, -0.1) is 0 Å². The smallest absolute Gasteiger partial charge is 0.176 e. The second kappa shape index (κ2) is 5.48. The van der Waals surface area contributed by atoms with E-state index in [4.69, 9.17) is 10.5 Å². The number of nitrogens with one attached hydrogen (secondary N) is 1. The minimum atomic E-state index is -0.490. The fourth-order valence-electron chi connectivity index (χ4n) is 2.30. The SMILES string of the molecule is CNc1nc(-c2cccc(OC)c2F)nc2cc(N)ccc12. The Morgan fingerprint density at radius 2 is 2.00 bits per heavy atom. The van der Waals surface area contributed by atoms with Crippen molar-refractivity contribution in [3.05, 3.63) is 42.2 Å². The molecule has 2 aromatic carbocycles. The highest BCUT2D eigenvalue weighted by Gasteiger charge is 2.15. The molecule has 0 aliphatic rings. The van der Waals surface area contributed by atoms with Gasteiger partial charge in [-0.25, -0.2) is 14.4 Å². The fourth-order valence-corrected chi connectivity index (χ4v) is 2.30. The predicted octanol–water partition coefficient (Wildman–Crippen LogP) is 3.07. The second-order valence-electron chi connectivity index (χ2n) is 4.74. The van der Waals surface area contributed by atoms with Gasteiger partial charge in [0.15, 0.2) is 17.4 Å². The number of nitrogen functional groups attached to an aromatic ring is 1. The van der Waals surface area contributed by atoms with Gasteiger partial charge < -0.3 is 15.8 Å². The van der Waals surface area contributed by atoms with Crippen LogP contribution in [0.1, 0.15) is 0 Å². The molecule has 0 radical (unpaired) electrons. The molecule has 3 N–H and O–H groups in total. The van der Waals surface area contributed by atoms with Gasteiger partial charge in [-0.1, -0.05) is 6.07 Å². The van der Waals surface area contributed by atoms with Crippen LogP contribution in [0.5, 0.6) is 5.75 Å². The summed E-state index contributed by atoms with van der Waals surface area (Å²) in [6, 6.07) is 10.2. The Hall–Kier alpha value is -2.89. The second-order valence-corrected chi connectivity index (χ2v) is 4.74. The molecule has 3 rings (SSSR count). The molecule has 0 saturated carbocycles. The third-order valence-electron chi connectivity index (χ3n) is 3.38. The molecule has 1 heterocycles. The molecule has 0 atom stereocenters. The Morgan fingerprint density at radius 3 is 2.73 bits per heavy atom. The van der Waals surface area contributed by atoms with E-state index in [0.717, 1.165) is 5.39 Å². The molecule has 22 heavy (non-hydrogen) atoms. The third kappa shape index (κ3) is 2.28. The van der Waals surface area contributed by atoms with E-state index in [-0.39, 0.29) is 17.1 Å². The van der Waals surface area contributed by atoms with Gasteiger partial charge in [-0.3, -0.25) is 0 Å². The summed E-state index contributed by atoms with van der Waals surface area (Å²) in [6.45, 7) is 0. The van der Waals surface area contributed by atoms with Crippen LogP contribution in [0.3, 0.4) is 0 Å². The minimum Gasteiger partial charge on any atom is -0.494 e. The molecule has 0 amide bonds. The number of hydrogen-bond acceptors (Lipinski definition) is 5. The van der Waals surface area contributed by atoms with E-state index in [0.29, 0.717) is 17.0 Å². The number of methoxy groups -OCH3 is 1. The maximum Gasteiger partial charge on any atom is 0.176 e. The van der Waals surface area contributed by atoms with E-state index >= 15 is 0 Å². The van der Waals surface area contributed by atoms with Crippen molar-refractivity contribution in [2.24, 2.45) is 0 Å². The van der Waals surface area contributed by atoms with Gasteiger partial charge in [0.05, 0.1) is 18.2 Å². The van der Waals surface area contributed by atoms with E-state index in [1.807, 2.05) is 6.07 Å². The quantitative estimate of drug-likeness (QED) is 0.727. The lowest BCUT2D eigenvalue weighted by atomic mass is 10.1. The molecule has 0 unspecified atom stereocenters. The Bertz CT molecular complexity index is 851. The van der Waals surface area contributed by atoms with Crippen LogP contribution in [0, 0.1) is 5.82 Å². The van der Waals surface area contributed by atoms with Gasteiger partial charge in [0.1, 0.15) is 5.82 Å². The van der Waals surface area contributed by atoms with E-state index in [2.05, 4.69) is 15.3 Å². The van der Waals surface area contributed by atoms with Crippen molar-refractivity contribution in [1.29, 1.82) is 0 Å². The summed E-state index contributed by atoms with van der Waals surface area (Å²) in [7, 11) is 3.17. The fraction of sp³-hybridized carbons (Fsp3) is 0.125. The number of nitrogens with two attached hydrogens (primary N) is 1. The predicted molar refractivity (Wildman–Crippen MR) is 85.4 cm³/mol. The summed E-state index contributed by atoms with van der Waals surface area (Å²) in [5.74, 6) is 0.552. The van der Waals surface area contributed by atoms with Gasteiger partial charge in [0, 0.05) is 18.1 Å². The Kier molecular flexibility index (Phi) is 3.50. The van der Waals surface area contributed by atoms with Crippen molar-refractivity contribution in [3.8, 4) is 17.1 Å². The van der Waals surface area contributed by atoms with Crippen LogP contribution in [-0.4, -0.2) is 24.1 Å². The number of benzene rings is 2. The number of anilines is 2. The summed E-state index contributed by atoms with van der Waals surface area (Å²) < 4.78 is 19.4. The Morgan fingerprint density at radius 1 is 1.18 bits per heavy atom. The highest BCUT2D eigenvalue weighted by Crippen LogP contribution is 2.30. The summed E-state index contributed by atoms with van der Waals surface area (Å²) in [4.78, 5) is 8.82. The summed E-state index contributed by atoms with van der Waals surface area (Å²) in [5, 5.41) is 3.82. The van der Waals surface area contributed by atoms with Crippen LogP contribution >= 0.6 is 0 Å². The molecule has 0 aliphatic carbocycles. The molecule has 3 aromatic rings. The van der Waals surface area contributed by atoms with E-state index in [1.54, 1.807) is 37.4 Å². The molecular weight excluding hydrogens is 283 g/mol. The number of hydrogen-bond donors (Lipinski definition) is 2. The third-order valence-corrected chi connectivity index (χ3v) is 3.38. The number of fused-ring (bicyclic) bond motifs is 1. The maximum atomic E-state index is 14.4. The summed E-state index contributed by atoms with van der Waals surface area (Å²) in [6.07, 6.45) is 0. The summed E-state index contributed by atoms with van der Waals surface area (Å²) in [5.41, 5.74) is 7.32. The zero-order chi connectivity index (χ0) is 15.7. The number of nitrogens with zero attached hydrogens (tertiary/aromatic N) is 2. The summed E-state index contributed by atoms with van der Waals surface area (Å²) >= 11 is 0. The van der Waals surface area contributed by atoms with Crippen molar-refractivity contribution in [1.82, 2.24) is 9.97 Å². The average Bonchev–Trinajstić information content (AvgIpc) is 2.53. The Labute approximate surface area is 127 Å². The van der Waals surface area contributed by atoms with Gasteiger partial charge in [0.2, 0.25) is 0 Å². The molecule has 0 aliphatic heterocycles. The van der Waals surface area contributed by atoms with Crippen molar-refractivity contribution in [2.45, 2.75) is 0 Å². The first-order valence-electron chi connectivity index (χ1n) is 6.72. The lowest BCUT2D eigenvalue weighted by Gasteiger charge is -2.10. The van der Waals surface area contributed by atoms with Gasteiger partial charge in [0.25, 0.3) is 0 Å². The van der Waals surface area contributed by atoms with E-state index in [9.17, 15) is 4.39 Å². The van der Waals surface area contributed by atoms with Crippen LogP contribution in [0.15, 0.2) is 36.4 Å². The molecule has 6 heteroatoms. The monoisotopic (exact) mass is 298 g/mol. The highest BCUT2D eigenvalue weighted by atomic mass is 19.1. The lowest BCUT2D eigenvalue weighted by molar-refractivity contribution is 0.387.